The zero-order valence-electron chi connectivity index (χ0n) is 15.1. The van der Waals surface area contributed by atoms with Gasteiger partial charge in [-0.1, -0.05) is 34.6 Å². The lowest BCUT2D eigenvalue weighted by Crippen LogP contribution is -2.49. The van der Waals surface area contributed by atoms with Crippen LogP contribution in [0.15, 0.2) is 0 Å². The Bertz CT molecular complexity index is 427. The van der Waals surface area contributed by atoms with Crippen molar-refractivity contribution in [1.82, 2.24) is 0 Å². The maximum Gasteiger partial charge on any atom is 0.516 e. The SMILES string of the molecule is CCOC(=O)OC(=O)[C@](CSC(C)(C)C)(C(=O)OCC)C(C)C. The summed E-state index contributed by atoms with van der Waals surface area (Å²) >= 11 is 1.44. The molecule has 0 rings (SSSR count). The maximum atomic E-state index is 12.6. The Morgan fingerprint density at radius 1 is 0.957 bits per heavy atom. The molecule has 0 aromatic rings. The third kappa shape index (κ3) is 6.41. The molecule has 6 nitrogen and oxygen atoms in total. The molecule has 0 N–H and O–H groups in total. The molecule has 1 atom stereocenters. The van der Waals surface area contributed by atoms with Crippen LogP contribution >= 0.6 is 11.8 Å². The predicted molar refractivity (Wildman–Crippen MR) is 89.2 cm³/mol. The second kappa shape index (κ2) is 9.15. The summed E-state index contributed by atoms with van der Waals surface area (Å²) in [4.78, 5) is 36.6. The van der Waals surface area contributed by atoms with Crippen LogP contribution in [0.5, 0.6) is 0 Å². The normalized spacial score (nSPS) is 14.1. The molecule has 23 heavy (non-hydrogen) atoms. The monoisotopic (exact) mass is 348 g/mol. The van der Waals surface area contributed by atoms with Crippen LogP contribution < -0.4 is 0 Å². The summed E-state index contributed by atoms with van der Waals surface area (Å²) in [6.07, 6.45) is -1.10. The molecule has 0 amide bonds. The van der Waals surface area contributed by atoms with Gasteiger partial charge in [0, 0.05) is 10.5 Å². The van der Waals surface area contributed by atoms with Gasteiger partial charge in [0.2, 0.25) is 0 Å². The van der Waals surface area contributed by atoms with Crippen LogP contribution in [0.4, 0.5) is 4.79 Å². The van der Waals surface area contributed by atoms with E-state index in [-0.39, 0.29) is 23.7 Å². The van der Waals surface area contributed by atoms with E-state index in [4.69, 9.17) is 9.47 Å². The van der Waals surface area contributed by atoms with E-state index in [0.29, 0.717) is 0 Å². The van der Waals surface area contributed by atoms with Crippen molar-refractivity contribution in [1.29, 1.82) is 0 Å². The van der Waals surface area contributed by atoms with Crippen LogP contribution in [-0.2, 0) is 23.8 Å². The van der Waals surface area contributed by atoms with Crippen molar-refractivity contribution in [3.63, 3.8) is 0 Å². The molecule has 0 aromatic heterocycles. The molecule has 0 unspecified atom stereocenters. The first-order chi connectivity index (χ1) is 10.5. The average Bonchev–Trinajstić information content (AvgIpc) is 2.37. The highest BCUT2D eigenvalue weighted by molar-refractivity contribution is 8.00. The summed E-state index contributed by atoms with van der Waals surface area (Å²) in [6.45, 7) is 12.9. The van der Waals surface area contributed by atoms with Crippen LogP contribution in [0.3, 0.4) is 0 Å². The molecule has 0 heterocycles. The predicted octanol–water partition coefficient (Wildman–Crippen LogP) is 3.42. The van der Waals surface area contributed by atoms with Gasteiger partial charge in [-0.2, -0.15) is 11.8 Å². The van der Waals surface area contributed by atoms with Crippen molar-refractivity contribution in [2.45, 2.75) is 53.2 Å². The van der Waals surface area contributed by atoms with Gasteiger partial charge in [-0.15, -0.1) is 0 Å². The Morgan fingerprint density at radius 3 is 1.87 bits per heavy atom. The maximum absolute atomic E-state index is 12.6. The van der Waals surface area contributed by atoms with Gasteiger partial charge in [-0.3, -0.25) is 9.59 Å². The summed E-state index contributed by atoms with van der Waals surface area (Å²) in [5.74, 6) is -1.86. The van der Waals surface area contributed by atoms with Crippen molar-refractivity contribution < 1.29 is 28.6 Å². The molecule has 0 saturated heterocycles. The average molecular weight is 348 g/mol. The summed E-state index contributed by atoms with van der Waals surface area (Å²) in [5, 5.41) is 0. The zero-order valence-corrected chi connectivity index (χ0v) is 15.9. The standard InChI is InChI=1S/C16H28O6S/c1-8-20-12(17)16(11(3)4,10-23-15(5,6)7)13(18)22-14(19)21-9-2/h11H,8-10H2,1-7H3/t16-/m0/s1. The van der Waals surface area contributed by atoms with Gasteiger partial charge in [0.05, 0.1) is 13.2 Å². The first kappa shape index (κ1) is 21.8. The van der Waals surface area contributed by atoms with E-state index in [2.05, 4.69) is 4.74 Å². The molecule has 134 valence electrons. The molecular weight excluding hydrogens is 320 g/mol. The van der Waals surface area contributed by atoms with Crippen molar-refractivity contribution in [2.75, 3.05) is 19.0 Å². The van der Waals surface area contributed by atoms with Gasteiger partial charge in [0.1, 0.15) is 0 Å². The number of thioether (sulfide) groups is 1. The van der Waals surface area contributed by atoms with Crippen molar-refractivity contribution in [3.05, 3.63) is 0 Å². The summed E-state index contributed by atoms with van der Waals surface area (Å²) in [7, 11) is 0. The number of hydrogen-bond donors (Lipinski definition) is 0. The minimum absolute atomic E-state index is 0.0803. The third-order valence-electron chi connectivity index (χ3n) is 3.16. The summed E-state index contributed by atoms with van der Waals surface area (Å²) in [6, 6.07) is 0. The summed E-state index contributed by atoms with van der Waals surface area (Å²) < 4.78 is 14.3. The van der Waals surface area contributed by atoms with Crippen LogP contribution in [-0.4, -0.2) is 41.8 Å². The Balaban J connectivity index is 5.57. The Labute approximate surface area is 142 Å². The fourth-order valence-corrected chi connectivity index (χ4v) is 2.97. The van der Waals surface area contributed by atoms with Gasteiger partial charge in [-0.05, 0) is 19.8 Å². The molecule has 0 radical (unpaired) electrons. The van der Waals surface area contributed by atoms with Crippen LogP contribution in [0.2, 0.25) is 0 Å². The van der Waals surface area contributed by atoms with Gasteiger partial charge >= 0.3 is 18.1 Å². The van der Waals surface area contributed by atoms with Gasteiger partial charge < -0.3 is 14.2 Å². The fraction of sp³-hybridized carbons (Fsp3) is 0.812. The molecule has 0 aliphatic carbocycles. The molecule has 0 spiro atoms. The minimum atomic E-state index is -1.55. The molecule has 0 aromatic carbocycles. The highest BCUT2D eigenvalue weighted by atomic mass is 32.2. The highest BCUT2D eigenvalue weighted by Gasteiger charge is 2.53. The van der Waals surface area contributed by atoms with E-state index in [1.807, 2.05) is 20.8 Å². The third-order valence-corrected chi connectivity index (χ3v) is 4.63. The second-order valence-electron chi connectivity index (χ2n) is 6.32. The van der Waals surface area contributed by atoms with Gasteiger partial charge in [0.25, 0.3) is 0 Å². The topological polar surface area (TPSA) is 78.9 Å². The molecule has 0 bridgehead atoms. The molecule has 0 fully saturated rings. The van der Waals surface area contributed by atoms with Crippen molar-refractivity contribution >= 4 is 29.9 Å². The molecule has 0 aliphatic heterocycles. The lowest BCUT2D eigenvalue weighted by atomic mass is 9.79. The number of carbonyl (C=O) groups is 3. The lowest BCUT2D eigenvalue weighted by Gasteiger charge is -2.33. The van der Waals surface area contributed by atoms with E-state index >= 15 is 0 Å². The van der Waals surface area contributed by atoms with Crippen LogP contribution in [0.1, 0.15) is 48.5 Å². The van der Waals surface area contributed by atoms with E-state index in [1.54, 1.807) is 27.7 Å². The first-order valence-electron chi connectivity index (χ1n) is 7.71. The molecule has 7 heteroatoms. The Morgan fingerprint density at radius 2 is 1.48 bits per heavy atom. The quantitative estimate of drug-likeness (QED) is 0.515. The van der Waals surface area contributed by atoms with Gasteiger partial charge in [0.15, 0.2) is 5.41 Å². The molecular formula is C16H28O6S. The number of ether oxygens (including phenoxy) is 3. The molecule has 0 saturated carbocycles. The van der Waals surface area contributed by atoms with Gasteiger partial charge in [-0.25, -0.2) is 4.79 Å². The largest absolute Gasteiger partial charge is 0.516 e. The second-order valence-corrected chi connectivity index (χ2v) is 8.12. The minimum Gasteiger partial charge on any atom is -0.465 e. The smallest absolute Gasteiger partial charge is 0.465 e. The van der Waals surface area contributed by atoms with Crippen molar-refractivity contribution in [2.24, 2.45) is 11.3 Å². The zero-order chi connectivity index (χ0) is 18.3. The van der Waals surface area contributed by atoms with Crippen LogP contribution in [0.25, 0.3) is 0 Å². The lowest BCUT2D eigenvalue weighted by molar-refractivity contribution is -0.171. The fourth-order valence-electron chi connectivity index (χ4n) is 1.74. The van der Waals surface area contributed by atoms with Crippen LogP contribution in [0, 0.1) is 11.3 Å². The van der Waals surface area contributed by atoms with E-state index < -0.39 is 29.4 Å². The first-order valence-corrected chi connectivity index (χ1v) is 8.70. The Hall–Kier alpha value is -1.24. The van der Waals surface area contributed by atoms with E-state index in [9.17, 15) is 14.4 Å². The van der Waals surface area contributed by atoms with E-state index in [0.717, 1.165) is 0 Å². The Kier molecular flexibility index (Phi) is 8.66. The highest BCUT2D eigenvalue weighted by Crippen LogP contribution is 2.39. The number of hydrogen-bond acceptors (Lipinski definition) is 7. The summed E-state index contributed by atoms with van der Waals surface area (Å²) in [5.41, 5.74) is -1.55. The van der Waals surface area contributed by atoms with E-state index in [1.165, 1.54) is 11.8 Å². The number of esters is 2. The molecule has 0 aliphatic rings. The van der Waals surface area contributed by atoms with Crippen molar-refractivity contribution in [3.8, 4) is 0 Å². The number of rotatable bonds is 7. The number of carbonyl (C=O) groups excluding carboxylic acids is 3.